The zero-order valence-corrected chi connectivity index (χ0v) is 20.2. The molecule has 1 aromatic heterocycles. The topological polar surface area (TPSA) is 80.3 Å². The largest absolute Gasteiger partial charge is 0.497 e. The van der Waals surface area contributed by atoms with Gasteiger partial charge in [-0.25, -0.2) is 14.8 Å². The molecule has 0 atom stereocenters. The second-order valence-corrected chi connectivity index (χ2v) is 7.85. The summed E-state index contributed by atoms with van der Waals surface area (Å²) in [4.78, 5) is 28.6. The van der Waals surface area contributed by atoms with Crippen LogP contribution in [-0.4, -0.2) is 74.4 Å². The fraction of sp³-hybridized carbons (Fsp3) is 0.400. The van der Waals surface area contributed by atoms with Gasteiger partial charge in [-0.3, -0.25) is 4.90 Å². The summed E-state index contributed by atoms with van der Waals surface area (Å²) >= 11 is 0. The number of amides is 2. The van der Waals surface area contributed by atoms with Crippen molar-refractivity contribution in [2.24, 2.45) is 0 Å². The minimum absolute atomic E-state index is 0.101. The Morgan fingerprint density at radius 2 is 1.56 bits per heavy atom. The van der Waals surface area contributed by atoms with E-state index in [9.17, 15) is 4.79 Å². The molecule has 2 amide bonds. The summed E-state index contributed by atoms with van der Waals surface area (Å²) in [5, 5.41) is 0. The first-order chi connectivity index (χ1) is 16.6. The molecule has 34 heavy (non-hydrogen) atoms. The number of hydrogen-bond acceptors (Lipinski definition) is 7. The maximum atomic E-state index is 13.5. The Kier molecular flexibility index (Phi) is 7.20. The first-order valence-electron chi connectivity index (χ1n) is 11.5. The van der Waals surface area contributed by atoms with Crippen molar-refractivity contribution < 1.29 is 19.0 Å². The van der Waals surface area contributed by atoms with Crippen LogP contribution in [0, 0.1) is 0 Å². The maximum absolute atomic E-state index is 13.5. The average molecular weight is 466 g/mol. The van der Waals surface area contributed by atoms with Crippen LogP contribution in [0.15, 0.2) is 42.5 Å². The number of hydrogen-bond donors (Lipinski definition) is 0. The lowest BCUT2D eigenvalue weighted by molar-refractivity contribution is 0.200. The third-order valence-corrected chi connectivity index (χ3v) is 5.86. The lowest BCUT2D eigenvalue weighted by Crippen LogP contribution is -2.53. The van der Waals surface area contributed by atoms with Gasteiger partial charge in [-0.05, 0) is 26.0 Å². The van der Waals surface area contributed by atoms with E-state index >= 15 is 0 Å². The van der Waals surface area contributed by atoms with Gasteiger partial charge in [-0.15, -0.1) is 0 Å². The summed E-state index contributed by atoms with van der Waals surface area (Å²) in [6, 6.07) is 13.3. The van der Waals surface area contributed by atoms with Crippen LogP contribution in [0.2, 0.25) is 0 Å². The van der Waals surface area contributed by atoms with Crippen molar-refractivity contribution in [3.63, 3.8) is 0 Å². The van der Waals surface area contributed by atoms with Crippen molar-refractivity contribution in [2.45, 2.75) is 13.8 Å². The van der Waals surface area contributed by atoms with Gasteiger partial charge >= 0.3 is 6.03 Å². The van der Waals surface area contributed by atoms with Crippen LogP contribution in [0.4, 0.5) is 16.3 Å². The van der Waals surface area contributed by atoms with Gasteiger partial charge in [0, 0.05) is 56.6 Å². The SMILES string of the molecule is CCOc1nc2ccccc2nc1N(CC)C(=O)N1CCN(c2cc(OC)cc(OC)c2)CC1. The van der Waals surface area contributed by atoms with Crippen LogP contribution < -0.4 is 24.0 Å². The highest BCUT2D eigenvalue weighted by molar-refractivity contribution is 5.93. The van der Waals surface area contributed by atoms with Crippen molar-refractivity contribution in [2.75, 3.05) is 63.4 Å². The van der Waals surface area contributed by atoms with Crippen LogP contribution in [0.5, 0.6) is 17.4 Å². The van der Waals surface area contributed by atoms with Crippen molar-refractivity contribution >= 4 is 28.6 Å². The third kappa shape index (κ3) is 4.78. The predicted octanol–water partition coefficient (Wildman–Crippen LogP) is 3.81. The molecule has 1 aliphatic rings. The number of fused-ring (bicyclic) bond motifs is 1. The number of piperazine rings is 1. The van der Waals surface area contributed by atoms with E-state index < -0.39 is 0 Å². The molecule has 0 radical (unpaired) electrons. The lowest BCUT2D eigenvalue weighted by Gasteiger charge is -2.38. The Bertz CT molecular complexity index is 1130. The van der Waals surface area contributed by atoms with Crippen LogP contribution in [-0.2, 0) is 0 Å². The van der Waals surface area contributed by atoms with Gasteiger partial charge in [0.2, 0.25) is 5.82 Å². The van der Waals surface area contributed by atoms with Gasteiger partial charge in [0.15, 0.2) is 0 Å². The number of para-hydroxylation sites is 2. The molecule has 0 saturated carbocycles. The maximum Gasteiger partial charge on any atom is 0.325 e. The van der Waals surface area contributed by atoms with Gasteiger partial charge in [-0.2, -0.15) is 0 Å². The molecule has 0 spiro atoms. The number of carbonyl (C=O) groups is 1. The van der Waals surface area contributed by atoms with E-state index in [0.29, 0.717) is 51.0 Å². The number of ether oxygens (including phenoxy) is 3. The van der Waals surface area contributed by atoms with Gasteiger partial charge in [-0.1, -0.05) is 12.1 Å². The van der Waals surface area contributed by atoms with Crippen molar-refractivity contribution in [1.82, 2.24) is 14.9 Å². The van der Waals surface area contributed by atoms with Crippen LogP contribution >= 0.6 is 0 Å². The predicted molar refractivity (Wildman–Crippen MR) is 132 cm³/mol. The van der Waals surface area contributed by atoms with Crippen LogP contribution in [0.3, 0.4) is 0 Å². The number of methoxy groups -OCH3 is 2. The number of anilines is 2. The highest BCUT2D eigenvalue weighted by atomic mass is 16.5. The molecule has 4 rings (SSSR count). The number of rotatable bonds is 7. The zero-order chi connectivity index (χ0) is 24.1. The summed E-state index contributed by atoms with van der Waals surface area (Å²) < 4.78 is 16.6. The summed E-state index contributed by atoms with van der Waals surface area (Å²) in [6.07, 6.45) is 0. The molecule has 9 nitrogen and oxygen atoms in total. The average Bonchev–Trinajstić information content (AvgIpc) is 2.89. The molecule has 1 aliphatic heterocycles. The van der Waals surface area contributed by atoms with Crippen molar-refractivity contribution in [1.29, 1.82) is 0 Å². The Morgan fingerprint density at radius 3 is 2.12 bits per heavy atom. The van der Waals surface area contributed by atoms with Gasteiger partial charge < -0.3 is 24.0 Å². The summed E-state index contributed by atoms with van der Waals surface area (Å²) in [7, 11) is 3.28. The van der Waals surface area contributed by atoms with E-state index in [2.05, 4.69) is 9.88 Å². The Morgan fingerprint density at radius 1 is 0.941 bits per heavy atom. The minimum Gasteiger partial charge on any atom is -0.497 e. The summed E-state index contributed by atoms with van der Waals surface area (Å²) in [5.74, 6) is 2.30. The normalized spacial score (nSPS) is 13.6. The molecule has 2 heterocycles. The monoisotopic (exact) mass is 465 g/mol. The number of urea groups is 1. The smallest absolute Gasteiger partial charge is 0.325 e. The number of nitrogens with zero attached hydrogens (tertiary/aromatic N) is 5. The molecular weight excluding hydrogens is 434 g/mol. The van der Waals surface area contributed by atoms with E-state index in [0.717, 1.165) is 28.2 Å². The Balaban J connectivity index is 1.53. The zero-order valence-electron chi connectivity index (χ0n) is 20.2. The van der Waals surface area contributed by atoms with Crippen LogP contribution in [0.1, 0.15) is 13.8 Å². The van der Waals surface area contributed by atoms with E-state index in [1.807, 2.05) is 61.2 Å². The number of carbonyl (C=O) groups excluding carboxylic acids is 1. The highest BCUT2D eigenvalue weighted by Gasteiger charge is 2.29. The Hall–Kier alpha value is -3.75. The van der Waals surface area contributed by atoms with Gasteiger partial charge in [0.25, 0.3) is 5.88 Å². The molecule has 1 fully saturated rings. The molecule has 0 bridgehead atoms. The van der Waals surface area contributed by atoms with E-state index in [-0.39, 0.29) is 6.03 Å². The second-order valence-electron chi connectivity index (χ2n) is 7.85. The number of aromatic nitrogens is 2. The molecule has 0 aliphatic carbocycles. The van der Waals surface area contributed by atoms with Gasteiger partial charge in [0.1, 0.15) is 11.5 Å². The van der Waals surface area contributed by atoms with Crippen molar-refractivity contribution in [3.8, 4) is 17.4 Å². The molecule has 3 aromatic rings. The van der Waals surface area contributed by atoms with E-state index in [4.69, 9.17) is 19.2 Å². The molecule has 1 saturated heterocycles. The fourth-order valence-corrected chi connectivity index (χ4v) is 4.06. The molecule has 2 aromatic carbocycles. The lowest BCUT2D eigenvalue weighted by atomic mass is 10.2. The Labute approximate surface area is 199 Å². The molecular formula is C25H31N5O4. The standard InChI is InChI=1S/C25H31N5O4/c1-5-30(23-24(34-6-2)27-22-10-8-7-9-21(22)26-23)25(31)29-13-11-28(12-14-29)18-15-19(32-3)17-20(16-18)33-4/h7-10,15-17H,5-6,11-14H2,1-4H3. The molecule has 9 heteroatoms. The minimum atomic E-state index is -0.101. The summed E-state index contributed by atoms with van der Waals surface area (Å²) in [5.41, 5.74) is 2.47. The second kappa shape index (κ2) is 10.5. The van der Waals surface area contributed by atoms with Crippen molar-refractivity contribution in [3.05, 3.63) is 42.5 Å². The van der Waals surface area contributed by atoms with Crippen LogP contribution in [0.25, 0.3) is 11.0 Å². The fourth-order valence-electron chi connectivity index (χ4n) is 4.06. The van der Waals surface area contributed by atoms with E-state index in [1.54, 1.807) is 19.1 Å². The first-order valence-corrected chi connectivity index (χ1v) is 11.5. The van der Waals surface area contributed by atoms with Gasteiger partial charge in [0.05, 0.1) is 31.9 Å². The first kappa shape index (κ1) is 23.4. The van der Waals surface area contributed by atoms with E-state index in [1.165, 1.54) is 0 Å². The molecule has 0 N–H and O–H groups in total. The summed E-state index contributed by atoms with van der Waals surface area (Å²) in [6.45, 7) is 7.28. The quantitative estimate of drug-likeness (QED) is 0.525. The molecule has 0 unspecified atom stereocenters. The highest BCUT2D eigenvalue weighted by Crippen LogP contribution is 2.30. The molecule has 180 valence electrons. The third-order valence-electron chi connectivity index (χ3n) is 5.86. The number of benzene rings is 2.